The highest BCUT2D eigenvalue weighted by Crippen LogP contribution is 2.10. The average molecular weight is 425 g/mol. The molecule has 0 atom stereocenters. The van der Waals surface area contributed by atoms with Crippen LogP contribution in [0.5, 0.6) is 0 Å². The summed E-state index contributed by atoms with van der Waals surface area (Å²) >= 11 is 7.23. The number of halogens is 1. The lowest BCUT2D eigenvalue weighted by Crippen LogP contribution is -2.34. The minimum Gasteiger partial charge on any atom is -0.366 e. The molecule has 0 bridgehead atoms. The molecule has 0 saturated carbocycles. The van der Waals surface area contributed by atoms with Gasteiger partial charge in [0.1, 0.15) is 0 Å². The minimum atomic E-state index is -0.499. The summed E-state index contributed by atoms with van der Waals surface area (Å²) in [6.45, 7) is 0. The normalized spacial score (nSPS) is 9.86. The summed E-state index contributed by atoms with van der Waals surface area (Å²) < 4.78 is 0.964. The molecule has 2 amide bonds. The third-order valence-electron chi connectivity index (χ3n) is 2.74. The molecule has 0 saturated heterocycles. The second kappa shape index (κ2) is 7.32. The summed E-state index contributed by atoms with van der Waals surface area (Å²) in [6.07, 6.45) is 0. The van der Waals surface area contributed by atoms with E-state index in [1.807, 2.05) is 6.07 Å². The van der Waals surface area contributed by atoms with Crippen molar-refractivity contribution in [3.05, 3.63) is 63.2 Å². The van der Waals surface area contributed by atoms with E-state index in [2.05, 4.69) is 33.2 Å². The van der Waals surface area contributed by atoms with E-state index in [-0.39, 0.29) is 11.0 Å². The lowest BCUT2D eigenvalue weighted by atomic mass is 10.2. The Morgan fingerprint density at radius 3 is 2.32 bits per heavy atom. The number of rotatable bonds is 3. The molecule has 7 heteroatoms. The molecule has 0 radical (unpaired) electrons. The number of nitrogens with two attached hydrogens (primary N) is 1. The van der Waals surface area contributed by atoms with Crippen molar-refractivity contribution in [2.45, 2.75) is 0 Å². The number of primary amides is 1. The maximum absolute atomic E-state index is 12.0. The third-order valence-corrected chi connectivity index (χ3v) is 3.62. The van der Waals surface area contributed by atoms with E-state index in [1.54, 1.807) is 42.5 Å². The van der Waals surface area contributed by atoms with Crippen LogP contribution in [-0.4, -0.2) is 16.9 Å². The Morgan fingerprint density at radius 2 is 1.73 bits per heavy atom. The van der Waals surface area contributed by atoms with Crippen molar-refractivity contribution >= 4 is 57.4 Å². The highest BCUT2D eigenvalue weighted by atomic mass is 127. The predicted octanol–water partition coefficient (Wildman–Crippen LogP) is 2.52. The van der Waals surface area contributed by atoms with E-state index in [4.69, 9.17) is 18.0 Å². The quantitative estimate of drug-likeness (QED) is 0.522. The van der Waals surface area contributed by atoms with Crippen LogP contribution in [0.1, 0.15) is 20.7 Å². The molecule has 2 aromatic carbocycles. The van der Waals surface area contributed by atoms with Gasteiger partial charge in [-0.05, 0) is 77.3 Å². The van der Waals surface area contributed by atoms with Crippen LogP contribution in [0, 0.1) is 3.57 Å². The van der Waals surface area contributed by atoms with E-state index >= 15 is 0 Å². The van der Waals surface area contributed by atoms with Gasteiger partial charge < -0.3 is 11.1 Å². The molecule has 0 spiro atoms. The number of benzene rings is 2. The summed E-state index contributed by atoms with van der Waals surface area (Å²) in [5.41, 5.74) is 6.75. The molecule has 0 unspecified atom stereocenters. The van der Waals surface area contributed by atoms with Gasteiger partial charge in [0.15, 0.2) is 5.11 Å². The Kier molecular flexibility index (Phi) is 5.45. The minimum absolute atomic E-state index is 0.177. The van der Waals surface area contributed by atoms with Crippen molar-refractivity contribution in [1.82, 2.24) is 5.32 Å². The van der Waals surface area contributed by atoms with Gasteiger partial charge in [-0.3, -0.25) is 14.9 Å². The second-order valence-corrected chi connectivity index (χ2v) is 6.01. The van der Waals surface area contributed by atoms with E-state index in [0.717, 1.165) is 3.57 Å². The van der Waals surface area contributed by atoms with Gasteiger partial charge in [0.2, 0.25) is 5.91 Å². The molecule has 0 heterocycles. The molecule has 4 N–H and O–H groups in total. The molecule has 0 aliphatic carbocycles. The first-order valence-corrected chi connectivity index (χ1v) is 7.72. The maximum Gasteiger partial charge on any atom is 0.257 e. The van der Waals surface area contributed by atoms with Crippen LogP contribution in [0.2, 0.25) is 0 Å². The van der Waals surface area contributed by atoms with E-state index in [0.29, 0.717) is 16.8 Å². The van der Waals surface area contributed by atoms with Crippen molar-refractivity contribution in [1.29, 1.82) is 0 Å². The van der Waals surface area contributed by atoms with Crippen LogP contribution in [0.25, 0.3) is 0 Å². The fourth-order valence-electron chi connectivity index (χ4n) is 1.69. The number of anilines is 1. The van der Waals surface area contributed by atoms with Gasteiger partial charge in [0.25, 0.3) is 5.91 Å². The fourth-order valence-corrected chi connectivity index (χ4v) is 2.44. The Hall–Kier alpha value is -2.00. The number of carbonyl (C=O) groups is 2. The zero-order valence-corrected chi connectivity index (χ0v) is 14.3. The monoisotopic (exact) mass is 425 g/mol. The van der Waals surface area contributed by atoms with Gasteiger partial charge in [-0.2, -0.15) is 0 Å². The number of hydrogen-bond acceptors (Lipinski definition) is 3. The zero-order chi connectivity index (χ0) is 16.1. The first-order valence-electron chi connectivity index (χ1n) is 6.23. The van der Waals surface area contributed by atoms with Crippen LogP contribution in [0.3, 0.4) is 0 Å². The van der Waals surface area contributed by atoms with Gasteiger partial charge in [-0.25, -0.2) is 0 Å². The summed E-state index contributed by atoms with van der Waals surface area (Å²) in [5, 5.41) is 5.64. The Labute approximate surface area is 146 Å². The lowest BCUT2D eigenvalue weighted by Gasteiger charge is -2.10. The Morgan fingerprint density at radius 1 is 1.05 bits per heavy atom. The predicted molar refractivity (Wildman–Crippen MR) is 97.8 cm³/mol. The van der Waals surface area contributed by atoms with Gasteiger partial charge >= 0.3 is 0 Å². The van der Waals surface area contributed by atoms with Crippen molar-refractivity contribution in [2.24, 2.45) is 5.73 Å². The fraction of sp³-hybridized carbons (Fsp3) is 0. The molecule has 5 nitrogen and oxygen atoms in total. The summed E-state index contributed by atoms with van der Waals surface area (Å²) in [7, 11) is 0. The average Bonchev–Trinajstić information content (AvgIpc) is 2.47. The van der Waals surface area contributed by atoms with Gasteiger partial charge in [0, 0.05) is 20.4 Å². The largest absolute Gasteiger partial charge is 0.366 e. The second-order valence-electron chi connectivity index (χ2n) is 4.36. The Bertz CT molecular complexity index is 732. The number of nitrogens with one attached hydrogen (secondary N) is 2. The van der Waals surface area contributed by atoms with Gasteiger partial charge in [-0.15, -0.1) is 0 Å². The summed E-state index contributed by atoms with van der Waals surface area (Å²) in [4.78, 5) is 23.0. The van der Waals surface area contributed by atoms with Crippen molar-refractivity contribution in [3.63, 3.8) is 0 Å². The SMILES string of the molecule is NC(=O)c1ccc(NC(=S)NC(=O)c2cccc(I)c2)cc1. The number of amides is 2. The maximum atomic E-state index is 12.0. The van der Waals surface area contributed by atoms with Crippen LogP contribution >= 0.6 is 34.8 Å². The van der Waals surface area contributed by atoms with Crippen LogP contribution in [0.4, 0.5) is 5.69 Å². The first-order chi connectivity index (χ1) is 10.5. The molecule has 2 rings (SSSR count). The number of carbonyl (C=O) groups excluding carboxylic acids is 2. The molecule has 112 valence electrons. The van der Waals surface area contributed by atoms with Crippen molar-refractivity contribution in [3.8, 4) is 0 Å². The molecule has 0 aliphatic rings. The van der Waals surface area contributed by atoms with Crippen LogP contribution in [0.15, 0.2) is 48.5 Å². The van der Waals surface area contributed by atoms with Gasteiger partial charge in [-0.1, -0.05) is 6.07 Å². The Balaban J connectivity index is 1.98. The number of thiocarbonyl (C=S) groups is 1. The van der Waals surface area contributed by atoms with Crippen molar-refractivity contribution < 1.29 is 9.59 Å². The molecule has 0 aromatic heterocycles. The smallest absolute Gasteiger partial charge is 0.257 e. The third kappa shape index (κ3) is 4.50. The molecule has 0 aliphatic heterocycles. The summed E-state index contributed by atoms with van der Waals surface area (Å²) in [6, 6.07) is 13.6. The van der Waals surface area contributed by atoms with Crippen molar-refractivity contribution in [2.75, 3.05) is 5.32 Å². The first kappa shape index (κ1) is 16.4. The van der Waals surface area contributed by atoms with Gasteiger partial charge in [0.05, 0.1) is 0 Å². The lowest BCUT2D eigenvalue weighted by molar-refractivity contribution is 0.0975. The number of hydrogen-bond donors (Lipinski definition) is 3. The van der Waals surface area contributed by atoms with E-state index < -0.39 is 5.91 Å². The van der Waals surface area contributed by atoms with E-state index in [9.17, 15) is 9.59 Å². The molecular weight excluding hydrogens is 413 g/mol. The van der Waals surface area contributed by atoms with E-state index in [1.165, 1.54) is 0 Å². The van der Waals surface area contributed by atoms with Crippen LogP contribution < -0.4 is 16.4 Å². The molecular formula is C15H12IN3O2S. The molecule has 2 aromatic rings. The summed E-state index contributed by atoms with van der Waals surface area (Å²) in [5.74, 6) is -0.786. The highest BCUT2D eigenvalue weighted by Gasteiger charge is 2.08. The van der Waals surface area contributed by atoms with Crippen LogP contribution in [-0.2, 0) is 0 Å². The highest BCUT2D eigenvalue weighted by molar-refractivity contribution is 14.1. The molecule has 0 fully saturated rings. The standard InChI is InChI=1S/C15H12IN3O2S/c16-11-3-1-2-10(8-11)14(21)19-15(22)18-12-6-4-9(5-7-12)13(17)20/h1-8H,(H2,17,20)(H2,18,19,21,22). The topological polar surface area (TPSA) is 84.2 Å². The zero-order valence-electron chi connectivity index (χ0n) is 11.3. The molecule has 22 heavy (non-hydrogen) atoms.